The quantitative estimate of drug-likeness (QED) is 0.454. The molecule has 0 radical (unpaired) electrons. The lowest BCUT2D eigenvalue weighted by Crippen LogP contribution is -2.26. The third kappa shape index (κ3) is 4.76. The normalized spacial score (nSPS) is 11.8. The first-order chi connectivity index (χ1) is 13.0. The molecule has 0 aliphatic heterocycles. The number of halogens is 1. The van der Waals surface area contributed by atoms with Gasteiger partial charge in [-0.25, -0.2) is 17.5 Å². The van der Waals surface area contributed by atoms with E-state index < -0.39 is 15.8 Å². The average molecular weight is 394 g/mol. The molecule has 1 aromatic carbocycles. The van der Waals surface area contributed by atoms with Gasteiger partial charge < -0.3 is 10.4 Å². The van der Waals surface area contributed by atoms with Gasteiger partial charge in [0.25, 0.3) is 0 Å². The van der Waals surface area contributed by atoms with Gasteiger partial charge in [0.1, 0.15) is 11.6 Å². The van der Waals surface area contributed by atoms with E-state index in [2.05, 4.69) is 25.3 Å². The van der Waals surface area contributed by atoms with Gasteiger partial charge in [0, 0.05) is 26.1 Å². The Labute approximate surface area is 155 Å². The van der Waals surface area contributed by atoms with Crippen LogP contribution >= 0.6 is 0 Å². The van der Waals surface area contributed by atoms with Crippen molar-refractivity contribution < 1.29 is 17.9 Å². The van der Waals surface area contributed by atoms with Crippen molar-refractivity contribution in [2.24, 2.45) is 0 Å². The average Bonchev–Trinajstić information content (AvgIpc) is 3.05. The Morgan fingerprint density at radius 1 is 1.07 bits per heavy atom. The lowest BCUT2D eigenvalue weighted by atomic mass is 10.4. The van der Waals surface area contributed by atoms with Crippen molar-refractivity contribution in [1.82, 2.24) is 24.5 Å². The summed E-state index contributed by atoms with van der Waals surface area (Å²) < 4.78 is 41.3. The second-order valence-corrected chi connectivity index (χ2v) is 7.48. The van der Waals surface area contributed by atoms with Crippen LogP contribution in [0.5, 0.6) is 0 Å². The second-order valence-electron chi connectivity index (χ2n) is 5.71. The summed E-state index contributed by atoms with van der Waals surface area (Å²) >= 11 is 0. The van der Waals surface area contributed by atoms with Crippen molar-refractivity contribution in [1.29, 1.82) is 0 Å². The molecule has 2 aromatic heterocycles. The number of fused-ring (bicyclic) bond motifs is 1. The highest BCUT2D eigenvalue weighted by Gasteiger charge is 2.14. The number of aliphatic hydroxyl groups is 1. The first-order valence-electron chi connectivity index (χ1n) is 8.31. The van der Waals surface area contributed by atoms with Crippen LogP contribution in [0.4, 0.5) is 10.2 Å². The highest BCUT2D eigenvalue weighted by molar-refractivity contribution is 7.89. The topological polar surface area (TPSA) is 122 Å². The van der Waals surface area contributed by atoms with Gasteiger partial charge in [-0.1, -0.05) is 0 Å². The van der Waals surface area contributed by atoms with Crippen molar-refractivity contribution in [2.45, 2.75) is 17.7 Å². The number of hydrogen-bond donors (Lipinski definition) is 3. The van der Waals surface area contributed by atoms with Crippen LogP contribution in [0.25, 0.3) is 5.65 Å². The molecule has 0 amide bonds. The number of hydrogen-bond acceptors (Lipinski definition) is 7. The van der Waals surface area contributed by atoms with E-state index in [0.29, 0.717) is 30.3 Å². The van der Waals surface area contributed by atoms with Gasteiger partial charge in [0.15, 0.2) is 11.5 Å². The number of aliphatic hydroxyl groups excluding tert-OH is 1. The Morgan fingerprint density at radius 3 is 2.59 bits per heavy atom. The maximum Gasteiger partial charge on any atom is 0.240 e. The molecule has 2 heterocycles. The van der Waals surface area contributed by atoms with Gasteiger partial charge in [0.05, 0.1) is 4.90 Å². The van der Waals surface area contributed by atoms with E-state index in [0.717, 1.165) is 12.1 Å². The van der Waals surface area contributed by atoms with Crippen LogP contribution in [0.15, 0.2) is 41.3 Å². The number of aromatic nitrogens is 4. The molecule has 11 heteroatoms. The lowest BCUT2D eigenvalue weighted by Gasteiger charge is -2.07. The summed E-state index contributed by atoms with van der Waals surface area (Å²) in [6, 6.07) is 8.09. The van der Waals surface area contributed by atoms with Crippen molar-refractivity contribution in [3.8, 4) is 0 Å². The molecule has 0 unspecified atom stereocenters. The molecule has 0 aliphatic carbocycles. The number of nitrogens with zero attached hydrogens (tertiary/aromatic N) is 4. The van der Waals surface area contributed by atoms with Crippen molar-refractivity contribution in [3.63, 3.8) is 0 Å². The third-order valence-corrected chi connectivity index (χ3v) is 5.21. The minimum absolute atomic E-state index is 0.0107. The Balaban J connectivity index is 1.66. The zero-order valence-corrected chi connectivity index (χ0v) is 15.2. The van der Waals surface area contributed by atoms with Gasteiger partial charge >= 0.3 is 0 Å². The molecule has 0 saturated heterocycles. The number of anilines is 1. The number of sulfonamides is 1. The van der Waals surface area contributed by atoms with Crippen LogP contribution in [0.1, 0.15) is 12.2 Å². The highest BCUT2D eigenvalue weighted by Crippen LogP contribution is 2.10. The summed E-state index contributed by atoms with van der Waals surface area (Å²) in [7, 11) is -3.74. The molecule has 27 heavy (non-hydrogen) atoms. The van der Waals surface area contributed by atoms with E-state index in [1.54, 1.807) is 12.1 Å². The fourth-order valence-corrected chi connectivity index (χ4v) is 3.41. The van der Waals surface area contributed by atoms with Gasteiger partial charge in [-0.3, -0.25) is 0 Å². The largest absolute Gasteiger partial charge is 0.396 e. The fraction of sp³-hybridized carbons (Fsp3) is 0.312. The molecule has 3 N–H and O–H groups in total. The second kappa shape index (κ2) is 8.37. The molecule has 3 aromatic rings. The number of benzene rings is 1. The molecule has 9 nitrogen and oxygen atoms in total. The molecular weight excluding hydrogens is 375 g/mol. The van der Waals surface area contributed by atoms with Crippen LogP contribution in [-0.4, -0.2) is 53.0 Å². The van der Waals surface area contributed by atoms with E-state index in [1.165, 1.54) is 16.6 Å². The molecular formula is C16H19FN6O3S. The SMILES string of the molecule is O=S(=O)(NCCc1nnc2ccc(NCCCO)nn12)c1ccc(F)cc1. The van der Waals surface area contributed by atoms with Gasteiger partial charge in [-0.2, -0.15) is 4.52 Å². The standard InChI is InChI=1S/C16H19FN6O3S/c17-12-2-4-13(5-3-12)27(25,26)19-10-8-16-21-20-15-7-6-14(22-23(15)16)18-9-1-11-24/h2-7,19,24H,1,8-11H2,(H,18,22). The highest BCUT2D eigenvalue weighted by atomic mass is 32.2. The first-order valence-corrected chi connectivity index (χ1v) is 9.79. The van der Waals surface area contributed by atoms with Crippen LogP contribution in [0, 0.1) is 5.82 Å². The number of rotatable bonds is 9. The summed E-state index contributed by atoms with van der Waals surface area (Å²) in [4.78, 5) is -0.0107. The van der Waals surface area contributed by atoms with Crippen LogP contribution < -0.4 is 10.0 Å². The van der Waals surface area contributed by atoms with E-state index in [4.69, 9.17) is 5.11 Å². The molecule has 0 fully saturated rings. The molecule has 0 saturated carbocycles. The third-order valence-electron chi connectivity index (χ3n) is 3.73. The zero-order chi connectivity index (χ0) is 19.3. The maximum absolute atomic E-state index is 12.9. The van der Waals surface area contributed by atoms with Crippen LogP contribution in [-0.2, 0) is 16.4 Å². The van der Waals surface area contributed by atoms with Crippen LogP contribution in [0.3, 0.4) is 0 Å². The fourth-order valence-electron chi connectivity index (χ4n) is 2.37. The smallest absolute Gasteiger partial charge is 0.240 e. The number of nitrogens with one attached hydrogen (secondary N) is 2. The van der Waals surface area contributed by atoms with Crippen molar-refractivity contribution >= 4 is 21.5 Å². The lowest BCUT2D eigenvalue weighted by molar-refractivity contribution is 0.292. The first kappa shape index (κ1) is 19.1. The maximum atomic E-state index is 12.9. The van der Waals surface area contributed by atoms with E-state index >= 15 is 0 Å². The zero-order valence-electron chi connectivity index (χ0n) is 14.3. The van der Waals surface area contributed by atoms with Crippen LogP contribution in [0.2, 0.25) is 0 Å². The Morgan fingerprint density at radius 2 is 1.85 bits per heavy atom. The molecule has 144 valence electrons. The van der Waals surface area contributed by atoms with E-state index in [9.17, 15) is 12.8 Å². The van der Waals surface area contributed by atoms with E-state index in [-0.39, 0.29) is 24.5 Å². The van der Waals surface area contributed by atoms with Gasteiger partial charge in [0.2, 0.25) is 10.0 Å². The van der Waals surface area contributed by atoms with Crippen molar-refractivity contribution in [2.75, 3.05) is 25.0 Å². The van der Waals surface area contributed by atoms with Gasteiger partial charge in [-0.15, -0.1) is 15.3 Å². The predicted molar refractivity (Wildman–Crippen MR) is 96.3 cm³/mol. The molecule has 0 atom stereocenters. The Kier molecular flexibility index (Phi) is 5.94. The minimum Gasteiger partial charge on any atom is -0.396 e. The summed E-state index contributed by atoms with van der Waals surface area (Å²) in [6.45, 7) is 0.746. The molecule has 0 bridgehead atoms. The minimum atomic E-state index is -3.74. The molecule has 0 aliphatic rings. The molecule has 0 spiro atoms. The summed E-state index contributed by atoms with van der Waals surface area (Å²) in [5.74, 6) is 0.597. The van der Waals surface area contributed by atoms with Gasteiger partial charge in [-0.05, 0) is 42.8 Å². The summed E-state index contributed by atoms with van der Waals surface area (Å²) in [5, 5.41) is 24.3. The van der Waals surface area contributed by atoms with E-state index in [1.807, 2.05) is 0 Å². The predicted octanol–water partition coefficient (Wildman–Crippen LogP) is 0.579. The summed E-state index contributed by atoms with van der Waals surface area (Å²) in [6.07, 6.45) is 0.870. The monoisotopic (exact) mass is 394 g/mol. The summed E-state index contributed by atoms with van der Waals surface area (Å²) in [5.41, 5.74) is 0.541. The Bertz CT molecular complexity index is 1010. The Hall–Kier alpha value is -2.63. The van der Waals surface area contributed by atoms with Crippen molar-refractivity contribution in [3.05, 3.63) is 48.0 Å². The molecule has 3 rings (SSSR count).